The van der Waals surface area contributed by atoms with Crippen molar-refractivity contribution in [3.63, 3.8) is 0 Å². The van der Waals surface area contributed by atoms with Crippen LogP contribution in [0.15, 0.2) is 30.6 Å². The number of aryl methyl sites for hydroxylation is 1. The summed E-state index contributed by atoms with van der Waals surface area (Å²) in [6, 6.07) is 7.93. The van der Waals surface area contributed by atoms with Gasteiger partial charge in [-0.25, -0.2) is 0 Å². The Balaban J connectivity index is 2.04. The fourth-order valence-corrected chi connectivity index (χ4v) is 2.47. The Labute approximate surface area is 125 Å². The second kappa shape index (κ2) is 6.52. The summed E-state index contributed by atoms with van der Waals surface area (Å²) < 4.78 is 1.81. The van der Waals surface area contributed by atoms with Crippen LogP contribution < -0.4 is 5.32 Å². The van der Waals surface area contributed by atoms with Gasteiger partial charge in [-0.05, 0) is 24.0 Å². The van der Waals surface area contributed by atoms with Gasteiger partial charge in [0, 0.05) is 7.05 Å². The molecular formula is C16H22N4O. The summed E-state index contributed by atoms with van der Waals surface area (Å²) in [5, 5.41) is 10.8. The van der Waals surface area contributed by atoms with Crippen molar-refractivity contribution in [2.75, 3.05) is 0 Å². The zero-order valence-electron chi connectivity index (χ0n) is 13.0. The topological polar surface area (TPSA) is 59.8 Å². The van der Waals surface area contributed by atoms with E-state index in [0.717, 1.165) is 11.4 Å². The Kier molecular flexibility index (Phi) is 4.73. The summed E-state index contributed by atoms with van der Waals surface area (Å²) in [5.74, 6) is 1.16. The predicted octanol–water partition coefficient (Wildman–Crippen LogP) is 2.36. The molecule has 0 bridgehead atoms. The van der Waals surface area contributed by atoms with Gasteiger partial charge in [-0.3, -0.25) is 4.79 Å². The summed E-state index contributed by atoms with van der Waals surface area (Å²) in [4.78, 5) is 12.2. The maximum atomic E-state index is 12.2. The summed E-state index contributed by atoms with van der Waals surface area (Å²) in [6.07, 6.45) is 2.02. The average molecular weight is 286 g/mol. The minimum atomic E-state index is -0.156. The third kappa shape index (κ3) is 3.68. The molecule has 1 aromatic carbocycles. The molecule has 0 aliphatic heterocycles. The number of hydrogen-bond donors (Lipinski definition) is 1. The zero-order chi connectivity index (χ0) is 15.4. The number of nitrogens with one attached hydrogen (secondary N) is 1. The van der Waals surface area contributed by atoms with Crippen LogP contribution in [0, 0.1) is 0 Å². The number of hydrogen-bond acceptors (Lipinski definition) is 3. The van der Waals surface area contributed by atoms with Crippen molar-refractivity contribution in [2.45, 2.75) is 39.2 Å². The molecule has 0 radical (unpaired) electrons. The second-order valence-corrected chi connectivity index (χ2v) is 5.62. The highest BCUT2D eigenvalue weighted by Gasteiger charge is 2.16. The van der Waals surface area contributed by atoms with E-state index >= 15 is 0 Å². The van der Waals surface area contributed by atoms with Crippen LogP contribution in [-0.4, -0.2) is 20.7 Å². The van der Waals surface area contributed by atoms with Gasteiger partial charge in [0.25, 0.3) is 0 Å². The van der Waals surface area contributed by atoms with Crippen LogP contribution in [-0.2, 0) is 18.3 Å². The first-order valence-corrected chi connectivity index (χ1v) is 7.20. The van der Waals surface area contributed by atoms with Crippen LogP contribution in [0.5, 0.6) is 0 Å². The molecular weight excluding hydrogens is 264 g/mol. The maximum Gasteiger partial charge on any atom is 0.225 e. The smallest absolute Gasteiger partial charge is 0.225 e. The van der Waals surface area contributed by atoms with Crippen molar-refractivity contribution in [2.24, 2.45) is 7.05 Å². The lowest BCUT2D eigenvalue weighted by Gasteiger charge is -2.15. The van der Waals surface area contributed by atoms with E-state index in [9.17, 15) is 4.79 Å². The molecule has 1 aromatic heterocycles. The van der Waals surface area contributed by atoms with E-state index < -0.39 is 0 Å². The number of carbonyl (C=O) groups excluding carboxylic acids is 1. The van der Waals surface area contributed by atoms with E-state index in [-0.39, 0.29) is 11.9 Å². The van der Waals surface area contributed by atoms with E-state index in [4.69, 9.17) is 0 Å². The van der Waals surface area contributed by atoms with Crippen LogP contribution in [0.25, 0.3) is 0 Å². The van der Waals surface area contributed by atoms with Crippen molar-refractivity contribution >= 4 is 5.91 Å². The maximum absolute atomic E-state index is 12.2. The highest BCUT2D eigenvalue weighted by Crippen LogP contribution is 2.19. The molecule has 0 saturated carbocycles. The van der Waals surface area contributed by atoms with E-state index in [1.807, 2.05) is 36.7 Å². The quantitative estimate of drug-likeness (QED) is 0.918. The molecule has 0 spiro atoms. The third-order valence-electron chi connectivity index (χ3n) is 3.54. The van der Waals surface area contributed by atoms with Gasteiger partial charge >= 0.3 is 0 Å². The number of carbonyl (C=O) groups is 1. The Morgan fingerprint density at radius 3 is 2.62 bits per heavy atom. The highest BCUT2D eigenvalue weighted by atomic mass is 16.1. The lowest BCUT2D eigenvalue weighted by molar-refractivity contribution is -0.121. The fourth-order valence-electron chi connectivity index (χ4n) is 2.47. The Bertz CT molecular complexity index is 618. The van der Waals surface area contributed by atoms with Gasteiger partial charge in [0.15, 0.2) is 5.82 Å². The molecule has 1 unspecified atom stereocenters. The van der Waals surface area contributed by atoms with Crippen molar-refractivity contribution in [1.82, 2.24) is 20.1 Å². The Morgan fingerprint density at radius 1 is 1.29 bits per heavy atom. The molecule has 5 heteroatoms. The van der Waals surface area contributed by atoms with Gasteiger partial charge in [-0.1, -0.05) is 38.1 Å². The summed E-state index contributed by atoms with van der Waals surface area (Å²) in [5.41, 5.74) is 2.30. The molecule has 21 heavy (non-hydrogen) atoms. The first kappa shape index (κ1) is 15.2. The number of nitrogens with zero attached hydrogens (tertiary/aromatic N) is 3. The summed E-state index contributed by atoms with van der Waals surface area (Å²) in [7, 11) is 1.87. The zero-order valence-corrected chi connectivity index (χ0v) is 13.0. The summed E-state index contributed by atoms with van der Waals surface area (Å²) in [6.45, 7) is 6.19. The van der Waals surface area contributed by atoms with Crippen LogP contribution >= 0.6 is 0 Å². The Hall–Kier alpha value is -2.17. The molecule has 1 N–H and O–H groups in total. The largest absolute Gasteiger partial charge is 0.346 e. The minimum absolute atomic E-state index is 0.00130. The predicted molar refractivity (Wildman–Crippen MR) is 81.8 cm³/mol. The number of aromatic nitrogens is 3. The highest BCUT2D eigenvalue weighted by molar-refractivity contribution is 5.79. The van der Waals surface area contributed by atoms with Crippen molar-refractivity contribution in [3.8, 4) is 0 Å². The van der Waals surface area contributed by atoms with Crippen LogP contribution in [0.2, 0.25) is 0 Å². The van der Waals surface area contributed by atoms with Crippen molar-refractivity contribution in [3.05, 3.63) is 47.5 Å². The molecule has 1 atom stereocenters. The van der Waals surface area contributed by atoms with Gasteiger partial charge in [0.2, 0.25) is 5.91 Å². The fraction of sp³-hybridized carbons (Fsp3) is 0.438. The normalized spacial score (nSPS) is 12.4. The monoisotopic (exact) mass is 286 g/mol. The molecule has 2 rings (SSSR count). The minimum Gasteiger partial charge on any atom is -0.346 e. The van der Waals surface area contributed by atoms with E-state index in [0.29, 0.717) is 12.3 Å². The first-order chi connectivity index (χ1) is 9.99. The van der Waals surface area contributed by atoms with Crippen LogP contribution in [0.3, 0.4) is 0 Å². The Morgan fingerprint density at radius 2 is 2.00 bits per heavy atom. The molecule has 2 aromatic rings. The van der Waals surface area contributed by atoms with Crippen LogP contribution in [0.1, 0.15) is 49.7 Å². The number of rotatable bonds is 5. The van der Waals surface area contributed by atoms with Gasteiger partial charge in [0.1, 0.15) is 6.33 Å². The van der Waals surface area contributed by atoms with Gasteiger partial charge in [-0.15, -0.1) is 10.2 Å². The molecule has 0 aliphatic carbocycles. The molecule has 0 aliphatic rings. The van der Waals surface area contributed by atoms with Crippen molar-refractivity contribution in [1.29, 1.82) is 0 Å². The van der Waals surface area contributed by atoms with Crippen LogP contribution in [0.4, 0.5) is 0 Å². The third-order valence-corrected chi connectivity index (χ3v) is 3.54. The molecule has 112 valence electrons. The standard InChI is InChI=1S/C16H22N4O/c1-11(2)14-8-6-5-7-13(14)9-15(21)18-12(3)16-19-17-10-20(16)4/h5-8,10-12H,9H2,1-4H3,(H,18,21). The van der Waals surface area contributed by atoms with E-state index in [2.05, 4.69) is 35.4 Å². The first-order valence-electron chi connectivity index (χ1n) is 7.20. The summed E-state index contributed by atoms with van der Waals surface area (Å²) >= 11 is 0. The average Bonchev–Trinajstić information content (AvgIpc) is 2.85. The number of amides is 1. The molecule has 1 heterocycles. The van der Waals surface area contributed by atoms with Gasteiger partial charge in [-0.2, -0.15) is 0 Å². The molecule has 0 fully saturated rings. The lowest BCUT2D eigenvalue weighted by atomic mass is 9.95. The van der Waals surface area contributed by atoms with Gasteiger partial charge < -0.3 is 9.88 Å². The van der Waals surface area contributed by atoms with Crippen molar-refractivity contribution < 1.29 is 4.79 Å². The van der Waals surface area contributed by atoms with E-state index in [1.54, 1.807) is 6.33 Å². The second-order valence-electron chi connectivity index (χ2n) is 5.62. The number of benzene rings is 1. The molecule has 1 amide bonds. The lowest BCUT2D eigenvalue weighted by Crippen LogP contribution is -2.30. The van der Waals surface area contributed by atoms with Gasteiger partial charge in [0.05, 0.1) is 12.5 Å². The SMILES string of the molecule is CC(C)c1ccccc1CC(=O)NC(C)c1nncn1C. The molecule has 5 nitrogen and oxygen atoms in total. The van der Waals surface area contributed by atoms with E-state index in [1.165, 1.54) is 5.56 Å². The molecule has 0 saturated heterocycles.